The van der Waals surface area contributed by atoms with Gasteiger partial charge >= 0.3 is 12.1 Å². The van der Waals surface area contributed by atoms with Crippen LogP contribution in [-0.2, 0) is 22.5 Å². The quantitative estimate of drug-likeness (QED) is 0.442. The summed E-state index contributed by atoms with van der Waals surface area (Å²) in [5, 5.41) is 14.6. The highest BCUT2D eigenvalue weighted by Gasteiger charge is 2.16. The van der Waals surface area contributed by atoms with Crippen molar-refractivity contribution in [3.8, 4) is 5.75 Å². The van der Waals surface area contributed by atoms with E-state index in [1.54, 1.807) is 26.8 Å². The lowest BCUT2D eigenvalue weighted by Gasteiger charge is -2.19. The molecule has 33 heavy (non-hydrogen) atoms. The number of rotatable bonds is 10. The van der Waals surface area contributed by atoms with Crippen molar-refractivity contribution in [2.24, 2.45) is 0 Å². The molecule has 0 unspecified atom stereocenters. The van der Waals surface area contributed by atoms with Crippen LogP contribution in [0.2, 0.25) is 5.15 Å². The second-order valence-corrected chi connectivity index (χ2v) is 8.58. The molecule has 10 nitrogen and oxygen atoms in total. The van der Waals surface area contributed by atoms with Crippen LogP contribution in [0.15, 0.2) is 29.1 Å². The molecular formula is C22H29ClN4O6. The van der Waals surface area contributed by atoms with Crippen LogP contribution in [0.3, 0.4) is 0 Å². The highest BCUT2D eigenvalue weighted by atomic mass is 35.5. The van der Waals surface area contributed by atoms with Gasteiger partial charge in [0, 0.05) is 6.54 Å². The van der Waals surface area contributed by atoms with Gasteiger partial charge in [-0.3, -0.25) is 14.2 Å². The number of alkyl carbamates (subject to hydrolysis) is 1. The molecular weight excluding hydrogens is 452 g/mol. The zero-order chi connectivity index (χ0) is 24.6. The van der Waals surface area contributed by atoms with E-state index < -0.39 is 29.8 Å². The van der Waals surface area contributed by atoms with Gasteiger partial charge in [-0.25, -0.2) is 9.78 Å². The normalized spacial score (nSPS) is 11.1. The van der Waals surface area contributed by atoms with E-state index in [1.165, 1.54) is 6.92 Å². The maximum absolute atomic E-state index is 12.5. The summed E-state index contributed by atoms with van der Waals surface area (Å²) in [6, 6.07) is 7.41. The van der Waals surface area contributed by atoms with Crippen molar-refractivity contribution in [3.63, 3.8) is 0 Å². The fourth-order valence-corrected chi connectivity index (χ4v) is 3.00. The minimum absolute atomic E-state index is 0.00697. The van der Waals surface area contributed by atoms with Gasteiger partial charge in [0.15, 0.2) is 11.0 Å². The summed E-state index contributed by atoms with van der Waals surface area (Å²) in [5.74, 6) is -0.516. The maximum Gasteiger partial charge on any atom is 0.407 e. The lowest BCUT2D eigenvalue weighted by atomic mass is 10.1. The van der Waals surface area contributed by atoms with Gasteiger partial charge in [-0.05, 0) is 51.8 Å². The van der Waals surface area contributed by atoms with Crippen LogP contribution < -0.4 is 20.9 Å². The Bertz CT molecular complexity index is 1050. The molecule has 0 bridgehead atoms. The molecule has 2 aromatic rings. The molecule has 0 saturated heterocycles. The van der Waals surface area contributed by atoms with E-state index in [1.807, 2.05) is 18.2 Å². The Kier molecular flexibility index (Phi) is 9.10. The first-order valence-electron chi connectivity index (χ1n) is 10.4. The summed E-state index contributed by atoms with van der Waals surface area (Å²) < 4.78 is 11.9. The fourth-order valence-electron chi connectivity index (χ4n) is 2.81. The van der Waals surface area contributed by atoms with Crippen molar-refractivity contribution in [1.29, 1.82) is 0 Å². The van der Waals surface area contributed by atoms with Gasteiger partial charge in [-0.1, -0.05) is 23.7 Å². The SMILES string of the molecule is Cc1c(Cl)nc(NCCc2cccc(OCCNC(=O)OC(C)(C)C)c2)c(=O)n1CC(=O)O. The number of aromatic nitrogens is 2. The smallest absolute Gasteiger partial charge is 0.407 e. The number of carboxylic acid groups (broad SMARTS) is 1. The predicted octanol–water partition coefficient (Wildman–Crippen LogP) is 2.85. The van der Waals surface area contributed by atoms with Gasteiger partial charge in [0.25, 0.3) is 5.56 Å². The zero-order valence-electron chi connectivity index (χ0n) is 19.1. The van der Waals surface area contributed by atoms with Crippen LogP contribution in [0.25, 0.3) is 0 Å². The minimum Gasteiger partial charge on any atom is -0.492 e. The second-order valence-electron chi connectivity index (χ2n) is 8.22. The largest absolute Gasteiger partial charge is 0.492 e. The van der Waals surface area contributed by atoms with E-state index in [0.29, 0.717) is 31.0 Å². The van der Waals surface area contributed by atoms with Gasteiger partial charge in [0.1, 0.15) is 24.5 Å². The average Bonchev–Trinajstić information content (AvgIpc) is 2.71. The van der Waals surface area contributed by atoms with Crippen molar-refractivity contribution < 1.29 is 24.2 Å². The van der Waals surface area contributed by atoms with E-state index >= 15 is 0 Å². The highest BCUT2D eigenvalue weighted by Crippen LogP contribution is 2.15. The van der Waals surface area contributed by atoms with Gasteiger partial charge in [-0.15, -0.1) is 0 Å². The Morgan fingerprint density at radius 1 is 1.24 bits per heavy atom. The number of carboxylic acids is 1. The topological polar surface area (TPSA) is 132 Å². The number of hydrogen-bond acceptors (Lipinski definition) is 7. The number of carbonyl (C=O) groups is 2. The van der Waals surface area contributed by atoms with Crippen LogP contribution in [0, 0.1) is 6.92 Å². The van der Waals surface area contributed by atoms with E-state index in [9.17, 15) is 14.4 Å². The molecule has 1 heterocycles. The lowest BCUT2D eigenvalue weighted by molar-refractivity contribution is -0.137. The molecule has 0 aliphatic rings. The number of nitrogens with zero attached hydrogens (tertiary/aromatic N) is 2. The van der Waals surface area contributed by atoms with E-state index in [4.69, 9.17) is 26.2 Å². The molecule has 1 aromatic carbocycles. The van der Waals surface area contributed by atoms with Crippen LogP contribution in [0.4, 0.5) is 10.6 Å². The number of carbonyl (C=O) groups excluding carboxylic acids is 1. The first-order valence-corrected chi connectivity index (χ1v) is 10.8. The first kappa shape index (κ1) is 26.0. The number of amides is 1. The molecule has 0 radical (unpaired) electrons. The Balaban J connectivity index is 1.88. The third kappa shape index (κ3) is 8.64. The number of ether oxygens (including phenoxy) is 2. The third-order valence-corrected chi connectivity index (χ3v) is 4.66. The van der Waals surface area contributed by atoms with Gasteiger partial charge in [0.2, 0.25) is 0 Å². The summed E-state index contributed by atoms with van der Waals surface area (Å²) in [7, 11) is 0. The molecule has 0 atom stereocenters. The molecule has 0 fully saturated rings. The zero-order valence-corrected chi connectivity index (χ0v) is 19.9. The van der Waals surface area contributed by atoms with Crippen molar-refractivity contribution in [1.82, 2.24) is 14.9 Å². The third-order valence-electron chi connectivity index (χ3n) is 4.30. The Morgan fingerprint density at radius 2 is 1.97 bits per heavy atom. The van der Waals surface area contributed by atoms with Crippen LogP contribution >= 0.6 is 11.6 Å². The average molecular weight is 481 g/mol. The summed E-state index contributed by atoms with van der Waals surface area (Å²) in [6.45, 7) is 7.36. The maximum atomic E-state index is 12.5. The number of benzene rings is 1. The molecule has 2 rings (SSSR count). The van der Waals surface area contributed by atoms with E-state index in [0.717, 1.165) is 10.1 Å². The van der Waals surface area contributed by atoms with Crippen LogP contribution in [0.5, 0.6) is 5.75 Å². The summed E-state index contributed by atoms with van der Waals surface area (Å²) in [4.78, 5) is 39.2. The summed E-state index contributed by atoms with van der Waals surface area (Å²) in [5.41, 5.74) is 0.134. The first-order chi connectivity index (χ1) is 15.5. The molecule has 11 heteroatoms. The van der Waals surface area contributed by atoms with Gasteiger partial charge in [0.05, 0.1) is 12.2 Å². The predicted molar refractivity (Wildman–Crippen MR) is 124 cm³/mol. The number of nitrogens with one attached hydrogen (secondary N) is 2. The fraction of sp³-hybridized carbons (Fsp3) is 0.455. The summed E-state index contributed by atoms with van der Waals surface area (Å²) in [6.07, 6.45) is 0.0528. The van der Waals surface area contributed by atoms with E-state index in [2.05, 4.69) is 15.6 Å². The van der Waals surface area contributed by atoms with Crippen molar-refractivity contribution in [2.75, 3.05) is 25.0 Å². The molecule has 1 aromatic heterocycles. The molecule has 0 aliphatic heterocycles. The molecule has 1 amide bonds. The van der Waals surface area contributed by atoms with Crippen LogP contribution in [-0.4, -0.2) is 52.0 Å². The monoisotopic (exact) mass is 480 g/mol. The Morgan fingerprint density at radius 3 is 2.64 bits per heavy atom. The van der Waals surface area contributed by atoms with Crippen molar-refractivity contribution in [2.45, 2.75) is 46.3 Å². The molecule has 3 N–H and O–H groups in total. The standard InChI is InChI=1S/C22H29ClN4O6/c1-14-18(23)26-19(20(30)27(14)13-17(28)29)24-9-8-15-6-5-7-16(12-15)32-11-10-25-21(31)33-22(2,3)4/h5-7,12H,8-11,13H2,1-4H3,(H,24,26)(H,25,31)(H,28,29). The molecule has 0 saturated carbocycles. The number of anilines is 1. The highest BCUT2D eigenvalue weighted by molar-refractivity contribution is 6.30. The Labute approximate surface area is 196 Å². The lowest BCUT2D eigenvalue weighted by Crippen LogP contribution is -2.34. The Hall–Kier alpha value is -3.27. The minimum atomic E-state index is -1.15. The van der Waals surface area contributed by atoms with Gasteiger partial charge in [-0.2, -0.15) is 0 Å². The molecule has 180 valence electrons. The second kappa shape index (κ2) is 11.6. The van der Waals surface area contributed by atoms with Crippen LogP contribution in [0.1, 0.15) is 32.0 Å². The van der Waals surface area contributed by atoms with Crippen molar-refractivity contribution >= 4 is 29.5 Å². The van der Waals surface area contributed by atoms with Crippen molar-refractivity contribution in [3.05, 3.63) is 51.0 Å². The number of halogens is 1. The number of hydrogen-bond donors (Lipinski definition) is 3. The summed E-state index contributed by atoms with van der Waals surface area (Å²) >= 11 is 6.05. The molecule has 0 spiro atoms. The molecule has 0 aliphatic carbocycles. The number of aliphatic carboxylic acids is 1. The van der Waals surface area contributed by atoms with Gasteiger partial charge < -0.3 is 25.2 Å². The van der Waals surface area contributed by atoms with E-state index in [-0.39, 0.29) is 17.6 Å².